The number of hydrogen-bond donors (Lipinski definition) is 1. The van der Waals surface area contributed by atoms with E-state index in [1.807, 2.05) is 0 Å². The van der Waals surface area contributed by atoms with E-state index in [4.69, 9.17) is 23.2 Å². The summed E-state index contributed by atoms with van der Waals surface area (Å²) in [6.07, 6.45) is 1.61. The molecule has 154 valence electrons. The molecule has 1 aromatic heterocycles. The Morgan fingerprint density at radius 2 is 1.80 bits per heavy atom. The zero-order chi connectivity index (χ0) is 21.7. The van der Waals surface area contributed by atoms with Gasteiger partial charge in [0.1, 0.15) is 17.2 Å². The van der Waals surface area contributed by atoms with Crippen LogP contribution >= 0.6 is 23.2 Å². The first kappa shape index (κ1) is 20.6. The Morgan fingerprint density at radius 3 is 2.37 bits per heavy atom. The van der Waals surface area contributed by atoms with Gasteiger partial charge in [0.15, 0.2) is 0 Å². The minimum absolute atomic E-state index is 0.0166. The molecular weight excluding hydrogens is 435 g/mol. The number of aromatic nitrogens is 1. The van der Waals surface area contributed by atoms with Crippen molar-refractivity contribution in [2.24, 2.45) is 0 Å². The molecule has 0 aliphatic heterocycles. The van der Waals surface area contributed by atoms with Crippen molar-refractivity contribution in [3.8, 4) is 16.8 Å². The average Bonchev–Trinajstić information content (AvgIpc) is 3.49. The molecule has 1 heterocycles. The first-order valence-corrected chi connectivity index (χ1v) is 9.90. The molecule has 0 spiro atoms. The van der Waals surface area contributed by atoms with Crippen LogP contribution in [0, 0.1) is 18.6 Å². The third-order valence-electron chi connectivity index (χ3n) is 5.22. The molecule has 0 radical (unpaired) electrons. The lowest BCUT2D eigenvalue weighted by atomic mass is 9.91. The summed E-state index contributed by atoms with van der Waals surface area (Å²) in [6, 6.07) is 7.45. The Bertz CT molecular complexity index is 1270. The molecule has 0 bridgehead atoms. The molecule has 8 heteroatoms. The molecule has 2 aromatic carbocycles. The van der Waals surface area contributed by atoms with E-state index in [2.05, 4.69) is 0 Å². The molecule has 0 saturated heterocycles. The highest BCUT2D eigenvalue weighted by Gasteiger charge is 2.35. The van der Waals surface area contributed by atoms with Gasteiger partial charge in [0.05, 0.1) is 15.7 Å². The van der Waals surface area contributed by atoms with Gasteiger partial charge in [-0.1, -0.05) is 29.3 Å². The normalized spacial score (nSPS) is 13.5. The standard InChI is InChI=1S/C22H15Cl2F2NO3/c1-10-18(11-2-3-11)19(12-4-6-14(23)15(24)8-12)20(22(29)30)21(28)27(10)17-7-5-13(25)9-16(17)26/h4-9,11H,2-3H2,1H3,(H,29,30). The highest BCUT2D eigenvalue weighted by Crippen LogP contribution is 2.47. The van der Waals surface area contributed by atoms with Gasteiger partial charge in [-0.25, -0.2) is 13.6 Å². The Hall–Kier alpha value is -2.70. The lowest BCUT2D eigenvalue weighted by Gasteiger charge is -2.21. The monoisotopic (exact) mass is 449 g/mol. The van der Waals surface area contributed by atoms with E-state index in [0.29, 0.717) is 27.9 Å². The third-order valence-corrected chi connectivity index (χ3v) is 5.96. The highest BCUT2D eigenvalue weighted by molar-refractivity contribution is 6.42. The van der Waals surface area contributed by atoms with Crippen LogP contribution in [0.4, 0.5) is 8.78 Å². The Balaban J connectivity index is 2.13. The van der Waals surface area contributed by atoms with Crippen LogP contribution in [-0.4, -0.2) is 15.6 Å². The second kappa shape index (κ2) is 7.52. The predicted molar refractivity (Wildman–Crippen MR) is 111 cm³/mol. The van der Waals surface area contributed by atoms with Crippen molar-refractivity contribution in [3.63, 3.8) is 0 Å². The number of aromatic carboxylic acids is 1. The smallest absolute Gasteiger partial charge is 0.342 e. The number of benzene rings is 2. The molecule has 1 fully saturated rings. The predicted octanol–water partition coefficient (Wildman–Crippen LogP) is 5.97. The van der Waals surface area contributed by atoms with Crippen molar-refractivity contribution in [2.45, 2.75) is 25.7 Å². The summed E-state index contributed by atoms with van der Waals surface area (Å²) < 4.78 is 28.9. The number of halogens is 4. The average molecular weight is 450 g/mol. The van der Waals surface area contributed by atoms with Crippen molar-refractivity contribution >= 4 is 29.2 Å². The van der Waals surface area contributed by atoms with Gasteiger partial charge in [-0.05, 0) is 61.1 Å². The molecule has 0 unspecified atom stereocenters. The maximum atomic E-state index is 14.5. The van der Waals surface area contributed by atoms with Gasteiger partial charge in [-0.2, -0.15) is 0 Å². The Kier molecular flexibility index (Phi) is 5.16. The highest BCUT2D eigenvalue weighted by atomic mass is 35.5. The molecule has 3 aromatic rings. The van der Waals surface area contributed by atoms with Gasteiger partial charge in [-0.15, -0.1) is 0 Å². The molecule has 30 heavy (non-hydrogen) atoms. The minimum atomic E-state index is -1.45. The van der Waals surface area contributed by atoms with E-state index < -0.39 is 28.7 Å². The van der Waals surface area contributed by atoms with Crippen LogP contribution in [0.2, 0.25) is 10.0 Å². The van der Waals surface area contributed by atoms with E-state index in [9.17, 15) is 23.5 Å². The van der Waals surface area contributed by atoms with Crippen molar-refractivity contribution in [3.05, 3.63) is 85.3 Å². The molecule has 1 N–H and O–H groups in total. The molecular formula is C22H15Cl2F2NO3. The fraction of sp³-hybridized carbons (Fsp3) is 0.182. The summed E-state index contributed by atoms with van der Waals surface area (Å²) in [4.78, 5) is 25.4. The SMILES string of the molecule is Cc1c(C2CC2)c(-c2ccc(Cl)c(Cl)c2)c(C(=O)O)c(=O)n1-c1ccc(F)cc1F. The van der Waals surface area contributed by atoms with Gasteiger partial charge in [0, 0.05) is 17.3 Å². The third kappa shape index (κ3) is 3.40. The van der Waals surface area contributed by atoms with Crippen LogP contribution in [0.5, 0.6) is 0 Å². The number of hydrogen-bond acceptors (Lipinski definition) is 2. The van der Waals surface area contributed by atoms with Crippen LogP contribution in [0.3, 0.4) is 0 Å². The van der Waals surface area contributed by atoms with E-state index in [0.717, 1.165) is 29.5 Å². The van der Waals surface area contributed by atoms with Gasteiger partial charge < -0.3 is 5.11 Å². The maximum absolute atomic E-state index is 14.5. The zero-order valence-electron chi connectivity index (χ0n) is 15.7. The zero-order valence-corrected chi connectivity index (χ0v) is 17.2. The van der Waals surface area contributed by atoms with E-state index in [-0.39, 0.29) is 22.2 Å². The molecule has 4 rings (SSSR count). The van der Waals surface area contributed by atoms with E-state index >= 15 is 0 Å². The Labute approximate surface area is 180 Å². The molecule has 1 aliphatic rings. The second-order valence-electron chi connectivity index (χ2n) is 7.19. The molecule has 1 saturated carbocycles. The number of pyridine rings is 1. The first-order chi connectivity index (χ1) is 14.2. The first-order valence-electron chi connectivity index (χ1n) is 9.14. The van der Waals surface area contributed by atoms with Crippen LogP contribution in [0.15, 0.2) is 41.2 Å². The van der Waals surface area contributed by atoms with Crippen LogP contribution in [0.25, 0.3) is 16.8 Å². The Morgan fingerprint density at radius 1 is 1.10 bits per heavy atom. The topological polar surface area (TPSA) is 59.3 Å². The van der Waals surface area contributed by atoms with Gasteiger partial charge >= 0.3 is 5.97 Å². The number of carboxylic acid groups (broad SMARTS) is 1. The van der Waals surface area contributed by atoms with E-state index in [1.165, 1.54) is 12.1 Å². The fourth-order valence-electron chi connectivity index (χ4n) is 3.78. The molecule has 0 amide bonds. The number of rotatable bonds is 4. The van der Waals surface area contributed by atoms with Crippen LogP contribution in [0.1, 0.15) is 40.4 Å². The van der Waals surface area contributed by atoms with Crippen LogP contribution < -0.4 is 5.56 Å². The summed E-state index contributed by atoms with van der Waals surface area (Å²) in [5.41, 5.74) is 0.123. The summed E-state index contributed by atoms with van der Waals surface area (Å²) in [5, 5.41) is 10.4. The number of carboxylic acids is 1. The molecule has 0 atom stereocenters. The minimum Gasteiger partial charge on any atom is -0.477 e. The van der Waals surface area contributed by atoms with Crippen molar-refractivity contribution in [1.29, 1.82) is 0 Å². The summed E-state index contributed by atoms with van der Waals surface area (Å²) in [5.74, 6) is -3.18. The maximum Gasteiger partial charge on any atom is 0.342 e. The van der Waals surface area contributed by atoms with Gasteiger partial charge in [0.2, 0.25) is 0 Å². The van der Waals surface area contributed by atoms with Gasteiger partial charge in [-0.3, -0.25) is 9.36 Å². The van der Waals surface area contributed by atoms with E-state index in [1.54, 1.807) is 13.0 Å². The van der Waals surface area contributed by atoms with Gasteiger partial charge in [0.25, 0.3) is 5.56 Å². The largest absolute Gasteiger partial charge is 0.477 e. The summed E-state index contributed by atoms with van der Waals surface area (Å²) >= 11 is 12.1. The lowest BCUT2D eigenvalue weighted by Crippen LogP contribution is -2.30. The van der Waals surface area contributed by atoms with Crippen molar-refractivity contribution in [2.75, 3.05) is 0 Å². The van der Waals surface area contributed by atoms with Crippen LogP contribution in [-0.2, 0) is 0 Å². The fourth-order valence-corrected chi connectivity index (χ4v) is 4.08. The number of nitrogens with zero attached hydrogens (tertiary/aromatic N) is 1. The molecule has 1 aliphatic carbocycles. The lowest BCUT2D eigenvalue weighted by molar-refractivity contribution is 0.0695. The van der Waals surface area contributed by atoms with Crippen molar-refractivity contribution in [1.82, 2.24) is 4.57 Å². The molecule has 4 nitrogen and oxygen atoms in total. The summed E-state index contributed by atoms with van der Waals surface area (Å²) in [6.45, 7) is 1.63. The van der Waals surface area contributed by atoms with Crippen molar-refractivity contribution < 1.29 is 18.7 Å². The number of carbonyl (C=O) groups is 1. The summed E-state index contributed by atoms with van der Waals surface area (Å²) in [7, 11) is 0. The quantitative estimate of drug-likeness (QED) is 0.533. The second-order valence-corrected chi connectivity index (χ2v) is 8.01.